The molecule has 0 amide bonds. The topological polar surface area (TPSA) is 54.0 Å². The summed E-state index contributed by atoms with van der Waals surface area (Å²) in [5.41, 5.74) is 0. The molecular formula is C6H12O5. The first-order valence-electron chi connectivity index (χ1n) is 2.96. The van der Waals surface area contributed by atoms with Gasteiger partial charge >= 0.3 is 5.97 Å². The molecule has 5 heteroatoms. The first-order chi connectivity index (χ1) is 5.10. The molecular weight excluding hydrogens is 152 g/mol. The Morgan fingerprint density at radius 3 is 1.91 bits per heavy atom. The van der Waals surface area contributed by atoms with E-state index in [4.69, 9.17) is 9.47 Å². The Morgan fingerprint density at radius 2 is 1.64 bits per heavy atom. The maximum atomic E-state index is 10.9. The van der Waals surface area contributed by atoms with Crippen molar-refractivity contribution in [3.8, 4) is 0 Å². The van der Waals surface area contributed by atoms with Crippen LogP contribution in [-0.4, -0.2) is 33.1 Å². The van der Waals surface area contributed by atoms with Crippen LogP contribution in [0.1, 0.15) is 6.92 Å². The molecule has 0 aromatic heterocycles. The summed E-state index contributed by atoms with van der Waals surface area (Å²) in [6, 6.07) is 0. The molecule has 0 fully saturated rings. The molecule has 0 radical (unpaired) electrons. The fraction of sp³-hybridized carbons (Fsp3) is 0.833. The van der Waals surface area contributed by atoms with Crippen LogP contribution in [0.3, 0.4) is 0 Å². The number of hydrogen-bond donors (Lipinski definition) is 0. The van der Waals surface area contributed by atoms with Crippen molar-refractivity contribution in [2.45, 2.75) is 12.7 Å². The lowest BCUT2D eigenvalue weighted by atomic mass is 10.3. The van der Waals surface area contributed by atoms with Gasteiger partial charge in [0, 0.05) is 21.1 Å². The van der Waals surface area contributed by atoms with Crippen LogP contribution in [0.15, 0.2) is 0 Å². The summed E-state index contributed by atoms with van der Waals surface area (Å²) in [7, 11) is 3.89. The molecule has 0 aromatic rings. The van der Waals surface area contributed by atoms with E-state index in [1.165, 1.54) is 28.3 Å². The molecule has 0 bridgehead atoms. The van der Waals surface area contributed by atoms with Crippen molar-refractivity contribution in [1.82, 2.24) is 0 Å². The Hall–Kier alpha value is -0.650. The second-order valence-electron chi connectivity index (χ2n) is 1.89. The number of hydrogen-bond acceptors (Lipinski definition) is 5. The van der Waals surface area contributed by atoms with Crippen LogP contribution in [-0.2, 0) is 24.0 Å². The molecule has 11 heavy (non-hydrogen) atoms. The van der Waals surface area contributed by atoms with Crippen molar-refractivity contribution in [1.29, 1.82) is 0 Å². The van der Waals surface area contributed by atoms with E-state index in [0.717, 1.165) is 0 Å². The van der Waals surface area contributed by atoms with Crippen LogP contribution >= 0.6 is 0 Å². The van der Waals surface area contributed by atoms with Crippen LogP contribution in [0.5, 0.6) is 0 Å². The van der Waals surface area contributed by atoms with Gasteiger partial charge in [-0.05, 0) is 0 Å². The Kier molecular flexibility index (Phi) is 4.02. The fourth-order valence-corrected chi connectivity index (χ4v) is 0.401. The molecule has 0 heterocycles. The number of carbonyl (C=O) groups is 1. The SMILES string of the molecule is COOC(=O)C(C)(OC)OC. The number of ether oxygens (including phenoxy) is 2. The number of carbonyl (C=O) groups excluding carboxylic acids is 1. The summed E-state index contributed by atoms with van der Waals surface area (Å²) in [5, 5.41) is 0. The highest BCUT2D eigenvalue weighted by atomic mass is 17.2. The van der Waals surface area contributed by atoms with Gasteiger partial charge in [-0.1, -0.05) is 0 Å². The minimum absolute atomic E-state index is 0.731. The molecule has 66 valence electrons. The summed E-state index contributed by atoms with van der Waals surface area (Å²) in [6.07, 6.45) is 0. The molecule has 0 aliphatic carbocycles. The third-order valence-corrected chi connectivity index (χ3v) is 1.31. The maximum absolute atomic E-state index is 10.9. The minimum Gasteiger partial charge on any atom is -0.344 e. The first kappa shape index (κ1) is 10.3. The van der Waals surface area contributed by atoms with Gasteiger partial charge in [0.2, 0.25) is 0 Å². The minimum atomic E-state index is -1.39. The van der Waals surface area contributed by atoms with Gasteiger partial charge in [0.05, 0.1) is 7.11 Å². The van der Waals surface area contributed by atoms with Gasteiger partial charge in [-0.2, -0.15) is 4.89 Å². The van der Waals surface area contributed by atoms with Gasteiger partial charge in [0.15, 0.2) is 0 Å². The van der Waals surface area contributed by atoms with E-state index >= 15 is 0 Å². The maximum Gasteiger partial charge on any atom is 0.400 e. The zero-order valence-electron chi connectivity index (χ0n) is 7.04. The van der Waals surface area contributed by atoms with E-state index in [9.17, 15) is 4.79 Å². The summed E-state index contributed by atoms with van der Waals surface area (Å²) >= 11 is 0. The molecule has 0 atom stereocenters. The normalized spacial score (nSPS) is 11.3. The van der Waals surface area contributed by atoms with E-state index < -0.39 is 11.8 Å². The molecule has 5 nitrogen and oxygen atoms in total. The second kappa shape index (κ2) is 4.27. The monoisotopic (exact) mass is 164 g/mol. The lowest BCUT2D eigenvalue weighted by Gasteiger charge is -2.21. The summed E-state index contributed by atoms with van der Waals surface area (Å²) in [6.45, 7) is 1.42. The lowest BCUT2D eigenvalue weighted by molar-refractivity contribution is -0.295. The average Bonchev–Trinajstić information content (AvgIpc) is 2.03. The quantitative estimate of drug-likeness (QED) is 0.335. The third-order valence-electron chi connectivity index (χ3n) is 1.31. The second-order valence-corrected chi connectivity index (χ2v) is 1.89. The zero-order valence-corrected chi connectivity index (χ0v) is 7.04. The van der Waals surface area contributed by atoms with E-state index in [-0.39, 0.29) is 0 Å². The molecule has 0 saturated heterocycles. The van der Waals surface area contributed by atoms with E-state index in [0.29, 0.717) is 0 Å². The van der Waals surface area contributed by atoms with Crippen molar-refractivity contribution in [3.05, 3.63) is 0 Å². The molecule has 0 rings (SSSR count). The molecule has 0 unspecified atom stereocenters. The van der Waals surface area contributed by atoms with Crippen LogP contribution in [0.25, 0.3) is 0 Å². The molecule has 0 N–H and O–H groups in total. The predicted molar refractivity (Wildman–Crippen MR) is 35.5 cm³/mol. The third kappa shape index (κ3) is 2.45. The van der Waals surface area contributed by atoms with Crippen molar-refractivity contribution < 1.29 is 24.0 Å². The Bertz CT molecular complexity index is 129. The molecule has 0 spiro atoms. The van der Waals surface area contributed by atoms with Gasteiger partial charge in [-0.3, -0.25) is 4.89 Å². The van der Waals surface area contributed by atoms with E-state index in [1.807, 2.05) is 0 Å². The number of rotatable bonds is 4. The van der Waals surface area contributed by atoms with Crippen LogP contribution in [0, 0.1) is 0 Å². The largest absolute Gasteiger partial charge is 0.400 e. The van der Waals surface area contributed by atoms with Crippen LogP contribution in [0.4, 0.5) is 0 Å². The summed E-state index contributed by atoms with van der Waals surface area (Å²) in [5.74, 6) is -2.12. The van der Waals surface area contributed by atoms with Gasteiger partial charge in [-0.25, -0.2) is 4.79 Å². The highest BCUT2D eigenvalue weighted by molar-refractivity contribution is 5.76. The van der Waals surface area contributed by atoms with Gasteiger partial charge in [-0.15, -0.1) is 0 Å². The zero-order chi connectivity index (χ0) is 8.91. The summed E-state index contributed by atoms with van der Waals surface area (Å²) in [4.78, 5) is 19.3. The highest BCUT2D eigenvalue weighted by Gasteiger charge is 2.35. The number of methoxy groups -OCH3 is 2. The van der Waals surface area contributed by atoms with Crippen LogP contribution < -0.4 is 0 Å². The average molecular weight is 164 g/mol. The lowest BCUT2D eigenvalue weighted by Crippen LogP contribution is -2.40. The first-order valence-corrected chi connectivity index (χ1v) is 2.96. The van der Waals surface area contributed by atoms with Crippen molar-refractivity contribution in [3.63, 3.8) is 0 Å². The van der Waals surface area contributed by atoms with E-state index in [2.05, 4.69) is 9.78 Å². The predicted octanol–water partition coefficient (Wildman–Crippen LogP) is 0.1000. The smallest absolute Gasteiger partial charge is 0.344 e. The molecule has 0 aliphatic heterocycles. The van der Waals surface area contributed by atoms with Crippen molar-refractivity contribution in [2.75, 3.05) is 21.3 Å². The molecule has 0 aliphatic rings. The van der Waals surface area contributed by atoms with Crippen molar-refractivity contribution >= 4 is 5.97 Å². The Morgan fingerprint density at radius 1 is 1.18 bits per heavy atom. The Balaban J connectivity index is 4.12. The Labute approximate surface area is 65.1 Å². The van der Waals surface area contributed by atoms with Gasteiger partial charge < -0.3 is 9.47 Å². The van der Waals surface area contributed by atoms with E-state index in [1.54, 1.807) is 0 Å². The van der Waals surface area contributed by atoms with Crippen molar-refractivity contribution in [2.24, 2.45) is 0 Å². The van der Waals surface area contributed by atoms with Gasteiger partial charge in [0.25, 0.3) is 5.79 Å². The molecule has 0 aromatic carbocycles. The highest BCUT2D eigenvalue weighted by Crippen LogP contribution is 2.11. The summed E-state index contributed by atoms with van der Waals surface area (Å²) < 4.78 is 9.45. The standard InChI is InChI=1S/C6H12O5/c1-6(8-2,9-3)5(7)11-10-4/h1-4H3. The fourth-order valence-electron chi connectivity index (χ4n) is 0.401. The molecule has 0 saturated carbocycles. The van der Waals surface area contributed by atoms with Crippen LogP contribution in [0.2, 0.25) is 0 Å². The van der Waals surface area contributed by atoms with Gasteiger partial charge in [0.1, 0.15) is 0 Å².